The fourth-order valence-corrected chi connectivity index (χ4v) is 1.62. The van der Waals surface area contributed by atoms with Crippen molar-refractivity contribution < 1.29 is 14.7 Å². The summed E-state index contributed by atoms with van der Waals surface area (Å²) in [6.07, 6.45) is 0. The maximum atomic E-state index is 12.1. The van der Waals surface area contributed by atoms with Crippen molar-refractivity contribution in [1.29, 1.82) is 0 Å². The van der Waals surface area contributed by atoms with Crippen molar-refractivity contribution in [2.75, 3.05) is 13.2 Å². The predicted octanol–water partition coefficient (Wildman–Crippen LogP) is 0.580. The SMILES string of the molecule is Cc1cc(C#CCO)cc(C(=O)NCC(C)(C)C(N)=O)c1. The van der Waals surface area contributed by atoms with E-state index in [4.69, 9.17) is 10.8 Å². The zero-order chi connectivity index (χ0) is 16.0. The van der Waals surface area contributed by atoms with Crippen molar-refractivity contribution in [3.63, 3.8) is 0 Å². The maximum Gasteiger partial charge on any atom is 0.251 e. The molecule has 0 saturated heterocycles. The number of hydrogen-bond donors (Lipinski definition) is 3. The molecule has 0 spiro atoms. The highest BCUT2D eigenvalue weighted by atomic mass is 16.2. The van der Waals surface area contributed by atoms with Gasteiger partial charge in [0.2, 0.25) is 5.91 Å². The predicted molar refractivity (Wildman–Crippen MR) is 80.5 cm³/mol. The summed E-state index contributed by atoms with van der Waals surface area (Å²) in [6.45, 7) is 5.12. The number of rotatable bonds is 4. The lowest BCUT2D eigenvalue weighted by Crippen LogP contribution is -2.42. The number of nitrogens with one attached hydrogen (secondary N) is 1. The van der Waals surface area contributed by atoms with Crippen LogP contribution in [0.1, 0.15) is 35.3 Å². The second kappa shape index (κ2) is 6.91. The van der Waals surface area contributed by atoms with Crippen molar-refractivity contribution in [3.8, 4) is 11.8 Å². The van der Waals surface area contributed by atoms with Crippen LogP contribution in [0.15, 0.2) is 18.2 Å². The van der Waals surface area contributed by atoms with Crippen LogP contribution in [-0.4, -0.2) is 30.1 Å². The molecule has 21 heavy (non-hydrogen) atoms. The molecular weight excluding hydrogens is 268 g/mol. The van der Waals surface area contributed by atoms with Gasteiger partial charge in [0, 0.05) is 17.7 Å². The van der Waals surface area contributed by atoms with Gasteiger partial charge in [0.15, 0.2) is 0 Å². The lowest BCUT2D eigenvalue weighted by molar-refractivity contribution is -0.125. The van der Waals surface area contributed by atoms with Crippen LogP contribution < -0.4 is 11.1 Å². The van der Waals surface area contributed by atoms with Crippen LogP contribution >= 0.6 is 0 Å². The molecule has 5 heteroatoms. The van der Waals surface area contributed by atoms with E-state index in [9.17, 15) is 9.59 Å². The summed E-state index contributed by atoms with van der Waals surface area (Å²) in [5.41, 5.74) is 6.46. The quantitative estimate of drug-likeness (QED) is 0.708. The number of carbonyl (C=O) groups excluding carboxylic acids is 2. The number of amides is 2. The molecule has 1 aromatic carbocycles. The zero-order valence-electron chi connectivity index (χ0n) is 12.5. The minimum atomic E-state index is -0.807. The van der Waals surface area contributed by atoms with Gasteiger partial charge in [0.25, 0.3) is 5.91 Å². The molecule has 0 aliphatic rings. The average molecular weight is 288 g/mol. The van der Waals surface area contributed by atoms with Crippen LogP contribution in [0.2, 0.25) is 0 Å². The summed E-state index contributed by atoms with van der Waals surface area (Å²) in [5.74, 6) is 4.55. The topological polar surface area (TPSA) is 92.4 Å². The van der Waals surface area contributed by atoms with Crippen LogP contribution in [0.3, 0.4) is 0 Å². The Kier molecular flexibility index (Phi) is 5.51. The molecule has 1 aromatic rings. The number of nitrogens with two attached hydrogens (primary N) is 1. The van der Waals surface area contributed by atoms with Crippen molar-refractivity contribution >= 4 is 11.8 Å². The number of aryl methyl sites for hydroxylation is 1. The summed E-state index contributed by atoms with van der Waals surface area (Å²) in [4.78, 5) is 23.4. The van der Waals surface area contributed by atoms with E-state index in [1.807, 2.05) is 13.0 Å². The molecule has 0 saturated carbocycles. The fourth-order valence-electron chi connectivity index (χ4n) is 1.62. The van der Waals surface area contributed by atoms with Gasteiger partial charge in [-0.1, -0.05) is 11.8 Å². The van der Waals surface area contributed by atoms with Gasteiger partial charge in [-0.05, 0) is 44.5 Å². The lowest BCUT2D eigenvalue weighted by Gasteiger charge is -2.20. The Bertz CT molecular complexity index is 610. The number of aliphatic hydroxyl groups is 1. The van der Waals surface area contributed by atoms with Gasteiger partial charge >= 0.3 is 0 Å². The first-order valence-corrected chi connectivity index (χ1v) is 6.56. The van der Waals surface area contributed by atoms with Crippen molar-refractivity contribution in [1.82, 2.24) is 5.32 Å². The van der Waals surface area contributed by atoms with Crippen molar-refractivity contribution in [2.45, 2.75) is 20.8 Å². The first kappa shape index (κ1) is 16.7. The molecule has 2 amide bonds. The molecule has 1 rings (SSSR count). The van der Waals surface area contributed by atoms with Crippen LogP contribution in [0, 0.1) is 24.2 Å². The van der Waals surface area contributed by atoms with Crippen LogP contribution in [0.25, 0.3) is 0 Å². The third-order valence-electron chi connectivity index (χ3n) is 3.01. The van der Waals surface area contributed by atoms with E-state index in [0.717, 1.165) is 5.56 Å². The van der Waals surface area contributed by atoms with Gasteiger partial charge in [-0.15, -0.1) is 0 Å². The third kappa shape index (κ3) is 4.93. The average Bonchev–Trinajstić information content (AvgIpc) is 2.41. The van der Waals surface area contributed by atoms with Gasteiger partial charge in [0.1, 0.15) is 6.61 Å². The van der Waals surface area contributed by atoms with Crippen LogP contribution in [-0.2, 0) is 4.79 Å². The highest BCUT2D eigenvalue weighted by Crippen LogP contribution is 2.13. The van der Waals surface area contributed by atoms with Gasteiger partial charge in [0.05, 0.1) is 5.41 Å². The number of benzene rings is 1. The Morgan fingerprint density at radius 3 is 2.57 bits per heavy atom. The smallest absolute Gasteiger partial charge is 0.251 e. The highest BCUT2D eigenvalue weighted by Gasteiger charge is 2.25. The summed E-state index contributed by atoms with van der Waals surface area (Å²) in [6, 6.07) is 5.20. The zero-order valence-corrected chi connectivity index (χ0v) is 12.5. The lowest BCUT2D eigenvalue weighted by atomic mass is 9.92. The fraction of sp³-hybridized carbons (Fsp3) is 0.375. The van der Waals surface area contributed by atoms with Crippen LogP contribution in [0.5, 0.6) is 0 Å². The Balaban J connectivity index is 2.88. The molecule has 5 nitrogen and oxygen atoms in total. The normalized spacial score (nSPS) is 10.5. The number of aliphatic hydroxyl groups excluding tert-OH is 1. The molecule has 4 N–H and O–H groups in total. The van der Waals surface area contributed by atoms with Gasteiger partial charge in [-0.2, -0.15) is 0 Å². The van der Waals surface area contributed by atoms with E-state index in [0.29, 0.717) is 11.1 Å². The Morgan fingerprint density at radius 1 is 1.33 bits per heavy atom. The summed E-state index contributed by atoms with van der Waals surface area (Å²) < 4.78 is 0. The number of carbonyl (C=O) groups is 2. The molecule has 112 valence electrons. The summed E-state index contributed by atoms with van der Waals surface area (Å²) >= 11 is 0. The summed E-state index contributed by atoms with van der Waals surface area (Å²) in [7, 11) is 0. The van der Waals surface area contributed by atoms with E-state index < -0.39 is 11.3 Å². The van der Waals surface area contributed by atoms with Crippen LogP contribution in [0.4, 0.5) is 0 Å². The number of primary amides is 1. The highest BCUT2D eigenvalue weighted by molar-refractivity contribution is 5.95. The molecule has 0 heterocycles. The molecule has 0 aromatic heterocycles. The van der Waals surface area contributed by atoms with E-state index in [2.05, 4.69) is 17.2 Å². The Morgan fingerprint density at radius 2 is 2.00 bits per heavy atom. The van der Waals surface area contributed by atoms with Gasteiger partial charge < -0.3 is 16.2 Å². The molecule has 0 radical (unpaired) electrons. The Labute approximate surface area is 124 Å². The van der Waals surface area contributed by atoms with Gasteiger partial charge in [-0.25, -0.2) is 0 Å². The summed E-state index contributed by atoms with van der Waals surface area (Å²) in [5, 5.41) is 11.4. The van der Waals surface area contributed by atoms with E-state index in [-0.39, 0.29) is 19.1 Å². The number of hydrogen-bond acceptors (Lipinski definition) is 3. The monoisotopic (exact) mass is 288 g/mol. The maximum absolute atomic E-state index is 12.1. The second-order valence-corrected chi connectivity index (χ2v) is 5.48. The van der Waals surface area contributed by atoms with E-state index in [1.54, 1.807) is 26.0 Å². The Hall–Kier alpha value is -2.32. The minimum absolute atomic E-state index is 0.159. The third-order valence-corrected chi connectivity index (χ3v) is 3.01. The largest absolute Gasteiger partial charge is 0.384 e. The molecule has 0 aliphatic heterocycles. The standard InChI is InChI=1S/C16H20N2O3/c1-11-7-12(5-4-6-19)9-13(8-11)14(20)18-10-16(2,3)15(17)21/h7-9,19H,6,10H2,1-3H3,(H2,17,21)(H,18,20). The second-order valence-electron chi connectivity index (χ2n) is 5.48. The molecule has 0 bridgehead atoms. The van der Waals surface area contributed by atoms with E-state index in [1.165, 1.54) is 0 Å². The molecular formula is C16H20N2O3. The molecule has 0 fully saturated rings. The first-order chi connectivity index (χ1) is 9.76. The molecule has 0 atom stereocenters. The molecule has 0 aliphatic carbocycles. The van der Waals surface area contributed by atoms with Crippen molar-refractivity contribution in [2.24, 2.45) is 11.1 Å². The van der Waals surface area contributed by atoms with Crippen molar-refractivity contribution in [3.05, 3.63) is 34.9 Å². The first-order valence-electron chi connectivity index (χ1n) is 6.56. The minimum Gasteiger partial charge on any atom is -0.384 e. The van der Waals surface area contributed by atoms with Gasteiger partial charge in [-0.3, -0.25) is 9.59 Å². The molecule has 0 unspecified atom stereocenters. The van der Waals surface area contributed by atoms with E-state index >= 15 is 0 Å².